The van der Waals surface area contributed by atoms with Crippen LogP contribution in [0.1, 0.15) is 5.56 Å². The number of nitrogens with one attached hydrogen (secondary N) is 1. The van der Waals surface area contributed by atoms with Gasteiger partial charge in [-0.15, -0.1) is 11.3 Å². The Morgan fingerprint density at radius 1 is 1.12 bits per heavy atom. The maximum Gasteiger partial charge on any atom is 0.138 e. The van der Waals surface area contributed by atoms with Gasteiger partial charge in [0.25, 0.3) is 0 Å². The third-order valence-corrected chi connectivity index (χ3v) is 3.29. The minimum atomic E-state index is 0.741. The summed E-state index contributed by atoms with van der Waals surface area (Å²) in [5.41, 5.74) is 1.18. The lowest BCUT2D eigenvalue weighted by atomic mass is 10.2. The van der Waals surface area contributed by atoms with Gasteiger partial charge >= 0.3 is 0 Å². The van der Waals surface area contributed by atoms with E-state index in [9.17, 15) is 0 Å². The summed E-state index contributed by atoms with van der Waals surface area (Å²) in [7, 11) is 0. The fourth-order valence-corrected chi connectivity index (χ4v) is 2.35. The molecule has 0 amide bonds. The third kappa shape index (κ3) is 2.09. The summed E-state index contributed by atoms with van der Waals surface area (Å²) in [5, 5.41) is 6.42. The molecule has 3 aromatic heterocycles. The highest BCUT2D eigenvalue weighted by Crippen LogP contribution is 2.23. The molecule has 1 N–H and O–H groups in total. The van der Waals surface area contributed by atoms with E-state index in [4.69, 9.17) is 0 Å². The van der Waals surface area contributed by atoms with Gasteiger partial charge < -0.3 is 5.32 Å². The molecule has 3 heterocycles. The zero-order valence-electron chi connectivity index (χ0n) is 9.00. The van der Waals surface area contributed by atoms with E-state index in [1.165, 1.54) is 5.56 Å². The molecule has 0 aromatic carbocycles. The first kappa shape index (κ1) is 10.2. The van der Waals surface area contributed by atoms with Crippen LogP contribution in [-0.4, -0.2) is 15.0 Å². The summed E-state index contributed by atoms with van der Waals surface area (Å²) < 4.78 is 0. The Bertz CT molecular complexity index is 620. The molecule has 0 aliphatic rings. The molecule has 5 heteroatoms. The van der Waals surface area contributed by atoms with Crippen molar-refractivity contribution in [2.45, 2.75) is 6.54 Å². The molecule has 84 valence electrons. The Labute approximate surface area is 102 Å². The molecule has 4 nitrogen and oxygen atoms in total. The maximum atomic E-state index is 4.26. The van der Waals surface area contributed by atoms with Crippen LogP contribution in [-0.2, 0) is 6.54 Å². The number of nitrogens with zero attached hydrogens (tertiary/aromatic N) is 3. The average Bonchev–Trinajstić information content (AvgIpc) is 2.86. The SMILES string of the molecule is c1cc(CNc2ncnc3sccc23)ccn1. The van der Waals surface area contributed by atoms with E-state index < -0.39 is 0 Å². The first-order valence-corrected chi connectivity index (χ1v) is 6.12. The topological polar surface area (TPSA) is 50.7 Å². The van der Waals surface area contributed by atoms with E-state index >= 15 is 0 Å². The smallest absolute Gasteiger partial charge is 0.138 e. The molecule has 0 fully saturated rings. The fraction of sp³-hybridized carbons (Fsp3) is 0.0833. The van der Waals surface area contributed by atoms with E-state index in [1.54, 1.807) is 30.1 Å². The number of hydrogen-bond donors (Lipinski definition) is 1. The number of pyridine rings is 1. The predicted octanol–water partition coefficient (Wildman–Crippen LogP) is 2.70. The predicted molar refractivity (Wildman–Crippen MR) is 69.0 cm³/mol. The monoisotopic (exact) mass is 242 g/mol. The lowest BCUT2D eigenvalue weighted by molar-refractivity contribution is 1.09. The molecule has 0 saturated carbocycles. The van der Waals surface area contributed by atoms with Crippen LogP contribution in [0.3, 0.4) is 0 Å². The van der Waals surface area contributed by atoms with Crippen LogP contribution in [0, 0.1) is 0 Å². The molecule has 3 rings (SSSR count). The Morgan fingerprint density at radius 3 is 2.88 bits per heavy atom. The largest absolute Gasteiger partial charge is 0.365 e. The van der Waals surface area contributed by atoms with Gasteiger partial charge in [0.2, 0.25) is 0 Å². The summed E-state index contributed by atoms with van der Waals surface area (Å²) in [5.74, 6) is 0.882. The first-order valence-electron chi connectivity index (χ1n) is 5.24. The summed E-state index contributed by atoms with van der Waals surface area (Å²) in [4.78, 5) is 13.5. The fourth-order valence-electron chi connectivity index (χ4n) is 1.62. The van der Waals surface area contributed by atoms with E-state index in [0.717, 1.165) is 22.6 Å². The molecule has 0 radical (unpaired) electrons. The van der Waals surface area contributed by atoms with Crippen LogP contribution in [0.25, 0.3) is 10.2 Å². The van der Waals surface area contributed by atoms with Crippen molar-refractivity contribution in [1.82, 2.24) is 15.0 Å². The Hall–Kier alpha value is -2.01. The molecule has 0 saturated heterocycles. The number of thiophene rings is 1. The highest BCUT2D eigenvalue weighted by Gasteiger charge is 2.03. The van der Waals surface area contributed by atoms with Crippen LogP contribution >= 0.6 is 11.3 Å². The van der Waals surface area contributed by atoms with Crippen molar-refractivity contribution in [2.24, 2.45) is 0 Å². The normalized spacial score (nSPS) is 10.6. The number of hydrogen-bond acceptors (Lipinski definition) is 5. The number of aromatic nitrogens is 3. The summed E-state index contributed by atoms with van der Waals surface area (Å²) >= 11 is 1.62. The molecule has 0 unspecified atom stereocenters. The van der Waals surface area contributed by atoms with Crippen LogP contribution in [0.2, 0.25) is 0 Å². The number of anilines is 1. The molecule has 0 spiro atoms. The molecule has 0 aliphatic carbocycles. The second-order valence-electron chi connectivity index (χ2n) is 3.57. The highest BCUT2D eigenvalue weighted by molar-refractivity contribution is 7.16. The lowest BCUT2D eigenvalue weighted by Crippen LogP contribution is -2.01. The molecule has 17 heavy (non-hydrogen) atoms. The van der Waals surface area contributed by atoms with Gasteiger partial charge in [-0.2, -0.15) is 0 Å². The van der Waals surface area contributed by atoms with Crippen LogP contribution < -0.4 is 5.32 Å². The van der Waals surface area contributed by atoms with Crippen molar-refractivity contribution in [3.8, 4) is 0 Å². The van der Waals surface area contributed by atoms with Crippen LogP contribution in [0.5, 0.6) is 0 Å². The van der Waals surface area contributed by atoms with Gasteiger partial charge in [0.05, 0.1) is 5.39 Å². The highest BCUT2D eigenvalue weighted by atomic mass is 32.1. The van der Waals surface area contributed by atoms with Crippen molar-refractivity contribution in [3.05, 3.63) is 47.9 Å². The number of fused-ring (bicyclic) bond motifs is 1. The number of rotatable bonds is 3. The Kier molecular flexibility index (Phi) is 2.67. The van der Waals surface area contributed by atoms with Crippen molar-refractivity contribution in [2.75, 3.05) is 5.32 Å². The first-order chi connectivity index (χ1) is 8.43. The van der Waals surface area contributed by atoms with Gasteiger partial charge in [-0.05, 0) is 29.1 Å². The second-order valence-corrected chi connectivity index (χ2v) is 4.47. The lowest BCUT2D eigenvalue weighted by Gasteiger charge is -2.05. The van der Waals surface area contributed by atoms with Crippen molar-refractivity contribution in [3.63, 3.8) is 0 Å². The van der Waals surface area contributed by atoms with E-state index in [-0.39, 0.29) is 0 Å². The molecule has 0 aliphatic heterocycles. The zero-order chi connectivity index (χ0) is 11.5. The quantitative estimate of drug-likeness (QED) is 0.767. The summed E-state index contributed by atoms with van der Waals surface area (Å²) in [6.07, 6.45) is 5.17. The van der Waals surface area contributed by atoms with Crippen LogP contribution in [0.4, 0.5) is 5.82 Å². The standard InChI is InChI=1S/C12H10N4S/c1-4-13-5-2-9(1)7-14-11-10-3-6-17-12(10)16-8-15-11/h1-6,8H,7H2,(H,14,15,16). The van der Waals surface area contributed by atoms with E-state index in [0.29, 0.717) is 0 Å². The zero-order valence-corrected chi connectivity index (χ0v) is 9.81. The minimum Gasteiger partial charge on any atom is -0.365 e. The van der Waals surface area contributed by atoms with Gasteiger partial charge in [0.1, 0.15) is 17.0 Å². The molecular formula is C12H10N4S. The maximum absolute atomic E-state index is 4.26. The summed E-state index contributed by atoms with van der Waals surface area (Å²) in [6.45, 7) is 0.741. The second kappa shape index (κ2) is 4.47. The Balaban J connectivity index is 1.84. The van der Waals surface area contributed by atoms with Gasteiger partial charge in [-0.1, -0.05) is 0 Å². The summed E-state index contributed by atoms with van der Waals surface area (Å²) in [6, 6.07) is 6.01. The van der Waals surface area contributed by atoms with Crippen molar-refractivity contribution < 1.29 is 0 Å². The molecular weight excluding hydrogens is 232 g/mol. The van der Waals surface area contributed by atoms with Crippen LogP contribution in [0.15, 0.2) is 42.3 Å². The van der Waals surface area contributed by atoms with Crippen molar-refractivity contribution in [1.29, 1.82) is 0 Å². The van der Waals surface area contributed by atoms with Gasteiger partial charge in [0, 0.05) is 18.9 Å². The van der Waals surface area contributed by atoms with E-state index in [2.05, 4.69) is 20.3 Å². The molecule has 3 aromatic rings. The average molecular weight is 242 g/mol. The minimum absolute atomic E-state index is 0.741. The third-order valence-electron chi connectivity index (χ3n) is 2.47. The van der Waals surface area contributed by atoms with Crippen molar-refractivity contribution >= 4 is 27.4 Å². The Morgan fingerprint density at radius 2 is 2.00 bits per heavy atom. The molecule has 0 atom stereocenters. The van der Waals surface area contributed by atoms with Gasteiger partial charge in [0.15, 0.2) is 0 Å². The molecule has 0 bridgehead atoms. The van der Waals surface area contributed by atoms with Gasteiger partial charge in [-0.25, -0.2) is 9.97 Å². The van der Waals surface area contributed by atoms with Gasteiger partial charge in [-0.3, -0.25) is 4.98 Å². The van der Waals surface area contributed by atoms with E-state index in [1.807, 2.05) is 23.6 Å².